The Bertz CT molecular complexity index is 428. The van der Waals surface area contributed by atoms with Gasteiger partial charge in [0.1, 0.15) is 0 Å². The molecule has 0 bridgehead atoms. The van der Waals surface area contributed by atoms with Crippen LogP contribution in [0.15, 0.2) is 18.2 Å². The zero-order valence-electron chi connectivity index (χ0n) is 12.3. The summed E-state index contributed by atoms with van der Waals surface area (Å²) in [5.41, 5.74) is 7.03. The van der Waals surface area contributed by atoms with Gasteiger partial charge < -0.3 is 15.9 Å². The summed E-state index contributed by atoms with van der Waals surface area (Å²) in [6.45, 7) is 4.07. The van der Waals surface area contributed by atoms with E-state index in [0.717, 1.165) is 50.8 Å². The topological polar surface area (TPSA) is 69.7 Å². The second kappa shape index (κ2) is 6.95. The summed E-state index contributed by atoms with van der Waals surface area (Å²) in [7, 11) is 0. The van der Waals surface area contributed by atoms with Crippen LogP contribution in [0.3, 0.4) is 0 Å². The van der Waals surface area contributed by atoms with Crippen molar-refractivity contribution in [2.24, 2.45) is 5.73 Å². The third-order valence-electron chi connectivity index (χ3n) is 4.19. The average Bonchev–Trinajstić information content (AvgIpc) is 2.43. The van der Waals surface area contributed by atoms with Gasteiger partial charge in [0.15, 0.2) is 11.5 Å². The molecule has 4 heteroatoms. The highest BCUT2D eigenvalue weighted by atomic mass is 16.3. The maximum atomic E-state index is 9.60. The van der Waals surface area contributed by atoms with Crippen molar-refractivity contribution in [2.75, 3.05) is 6.54 Å². The van der Waals surface area contributed by atoms with Crippen LogP contribution in [0, 0.1) is 0 Å². The molecule has 112 valence electrons. The van der Waals surface area contributed by atoms with Crippen LogP contribution < -0.4 is 5.73 Å². The lowest BCUT2D eigenvalue weighted by atomic mass is 9.90. The third kappa shape index (κ3) is 3.87. The molecule has 2 rings (SSSR count). The van der Waals surface area contributed by atoms with E-state index < -0.39 is 0 Å². The van der Waals surface area contributed by atoms with Crippen LogP contribution >= 0.6 is 0 Å². The fraction of sp³-hybridized carbons (Fsp3) is 0.625. The fourth-order valence-electron chi connectivity index (χ4n) is 3.05. The average molecular weight is 278 g/mol. The SMILES string of the molecule is CCCN(Cc1ccc(O)c(O)c1)C1CCC(N)CC1. The largest absolute Gasteiger partial charge is 0.504 e. The number of nitrogens with zero attached hydrogens (tertiary/aromatic N) is 1. The van der Waals surface area contributed by atoms with E-state index in [4.69, 9.17) is 5.73 Å². The highest BCUT2D eigenvalue weighted by Gasteiger charge is 2.23. The van der Waals surface area contributed by atoms with E-state index in [-0.39, 0.29) is 11.5 Å². The van der Waals surface area contributed by atoms with Crippen LogP contribution in [0.4, 0.5) is 0 Å². The number of hydrogen-bond acceptors (Lipinski definition) is 4. The summed E-state index contributed by atoms with van der Waals surface area (Å²) >= 11 is 0. The molecule has 1 saturated carbocycles. The molecule has 0 spiro atoms. The Labute approximate surface area is 121 Å². The van der Waals surface area contributed by atoms with Gasteiger partial charge >= 0.3 is 0 Å². The lowest BCUT2D eigenvalue weighted by Gasteiger charge is -2.36. The predicted molar refractivity (Wildman–Crippen MR) is 80.7 cm³/mol. The van der Waals surface area contributed by atoms with E-state index >= 15 is 0 Å². The van der Waals surface area contributed by atoms with Crippen molar-refractivity contribution in [2.45, 2.75) is 57.7 Å². The van der Waals surface area contributed by atoms with Crippen LogP contribution in [-0.4, -0.2) is 33.7 Å². The molecular weight excluding hydrogens is 252 g/mol. The smallest absolute Gasteiger partial charge is 0.157 e. The van der Waals surface area contributed by atoms with E-state index in [2.05, 4.69) is 11.8 Å². The number of nitrogens with two attached hydrogens (primary N) is 1. The number of phenols is 2. The summed E-state index contributed by atoms with van der Waals surface area (Å²) in [5.74, 6) is -0.0935. The predicted octanol–water partition coefficient (Wildman–Crippen LogP) is 2.58. The van der Waals surface area contributed by atoms with E-state index in [1.807, 2.05) is 6.07 Å². The van der Waals surface area contributed by atoms with Crippen molar-refractivity contribution in [3.8, 4) is 11.5 Å². The first kappa shape index (κ1) is 15.1. The second-order valence-corrected chi connectivity index (χ2v) is 5.86. The Hall–Kier alpha value is -1.26. The Kier molecular flexibility index (Phi) is 5.26. The molecular formula is C16H26N2O2. The molecule has 1 aromatic rings. The molecule has 4 N–H and O–H groups in total. The van der Waals surface area contributed by atoms with E-state index in [1.54, 1.807) is 12.1 Å². The van der Waals surface area contributed by atoms with Gasteiger partial charge in [-0.3, -0.25) is 4.90 Å². The Morgan fingerprint density at radius 3 is 2.45 bits per heavy atom. The molecule has 1 aromatic carbocycles. The van der Waals surface area contributed by atoms with Gasteiger partial charge in [-0.1, -0.05) is 13.0 Å². The zero-order chi connectivity index (χ0) is 14.5. The highest BCUT2D eigenvalue weighted by molar-refractivity contribution is 5.40. The van der Waals surface area contributed by atoms with Gasteiger partial charge in [0.2, 0.25) is 0 Å². The fourth-order valence-corrected chi connectivity index (χ4v) is 3.05. The van der Waals surface area contributed by atoms with Crippen LogP contribution in [0.1, 0.15) is 44.6 Å². The molecule has 0 aromatic heterocycles. The molecule has 1 aliphatic carbocycles. The van der Waals surface area contributed by atoms with Crippen molar-refractivity contribution < 1.29 is 10.2 Å². The van der Waals surface area contributed by atoms with Crippen molar-refractivity contribution >= 4 is 0 Å². The van der Waals surface area contributed by atoms with Gasteiger partial charge in [-0.2, -0.15) is 0 Å². The minimum absolute atomic E-state index is 0.0374. The van der Waals surface area contributed by atoms with E-state index in [9.17, 15) is 10.2 Å². The summed E-state index contributed by atoms with van der Waals surface area (Å²) < 4.78 is 0. The van der Waals surface area contributed by atoms with Gasteiger partial charge in [-0.15, -0.1) is 0 Å². The van der Waals surface area contributed by atoms with E-state index in [1.165, 1.54) is 0 Å². The monoisotopic (exact) mass is 278 g/mol. The number of benzene rings is 1. The molecule has 4 nitrogen and oxygen atoms in total. The standard InChI is InChI=1S/C16H26N2O2/c1-2-9-18(14-6-4-13(17)5-7-14)11-12-3-8-15(19)16(20)10-12/h3,8,10,13-14,19-20H,2,4-7,9,11,17H2,1H3. The lowest BCUT2D eigenvalue weighted by molar-refractivity contribution is 0.142. The van der Waals surface area contributed by atoms with Gasteiger partial charge in [0.05, 0.1) is 0 Å². The summed E-state index contributed by atoms with van der Waals surface area (Å²) in [4.78, 5) is 2.48. The third-order valence-corrected chi connectivity index (χ3v) is 4.19. The van der Waals surface area contributed by atoms with Gasteiger partial charge in [-0.05, 0) is 56.3 Å². The highest BCUT2D eigenvalue weighted by Crippen LogP contribution is 2.28. The van der Waals surface area contributed by atoms with Gasteiger partial charge in [0.25, 0.3) is 0 Å². The normalized spacial score (nSPS) is 23.1. The molecule has 0 atom stereocenters. The molecule has 1 fully saturated rings. The Morgan fingerprint density at radius 1 is 1.15 bits per heavy atom. The maximum Gasteiger partial charge on any atom is 0.157 e. The first-order chi connectivity index (χ1) is 9.60. The summed E-state index contributed by atoms with van der Waals surface area (Å²) in [6.07, 6.45) is 5.64. The first-order valence-electron chi connectivity index (χ1n) is 7.60. The molecule has 0 radical (unpaired) electrons. The van der Waals surface area contributed by atoms with Crippen LogP contribution in [0.2, 0.25) is 0 Å². The number of aromatic hydroxyl groups is 2. The number of hydrogen-bond donors (Lipinski definition) is 3. The summed E-state index contributed by atoms with van der Waals surface area (Å²) in [6, 6.07) is 6.06. The quantitative estimate of drug-likeness (QED) is 0.724. The molecule has 20 heavy (non-hydrogen) atoms. The van der Waals surface area contributed by atoms with Crippen molar-refractivity contribution in [1.29, 1.82) is 0 Å². The van der Waals surface area contributed by atoms with Crippen LogP contribution in [0.5, 0.6) is 11.5 Å². The van der Waals surface area contributed by atoms with Gasteiger partial charge in [0, 0.05) is 18.6 Å². The molecule has 0 heterocycles. The number of rotatable bonds is 5. The molecule has 0 amide bonds. The Balaban J connectivity index is 2.02. The lowest BCUT2D eigenvalue weighted by Crippen LogP contribution is -2.40. The molecule has 1 aliphatic rings. The first-order valence-corrected chi connectivity index (χ1v) is 7.60. The maximum absolute atomic E-state index is 9.60. The van der Waals surface area contributed by atoms with Crippen molar-refractivity contribution in [3.63, 3.8) is 0 Å². The second-order valence-electron chi connectivity index (χ2n) is 5.86. The summed E-state index contributed by atoms with van der Waals surface area (Å²) in [5, 5.41) is 19.0. The minimum Gasteiger partial charge on any atom is -0.504 e. The van der Waals surface area contributed by atoms with Crippen LogP contribution in [-0.2, 0) is 6.54 Å². The number of phenolic OH excluding ortho intramolecular Hbond substituents is 2. The molecule has 0 unspecified atom stereocenters. The van der Waals surface area contributed by atoms with Gasteiger partial charge in [-0.25, -0.2) is 0 Å². The van der Waals surface area contributed by atoms with Crippen molar-refractivity contribution in [3.05, 3.63) is 23.8 Å². The molecule has 0 saturated heterocycles. The zero-order valence-corrected chi connectivity index (χ0v) is 12.3. The van der Waals surface area contributed by atoms with E-state index in [0.29, 0.717) is 12.1 Å². The van der Waals surface area contributed by atoms with Crippen LogP contribution in [0.25, 0.3) is 0 Å². The molecule has 0 aliphatic heterocycles. The Morgan fingerprint density at radius 2 is 1.85 bits per heavy atom. The minimum atomic E-state index is -0.0561. The van der Waals surface area contributed by atoms with Crippen molar-refractivity contribution in [1.82, 2.24) is 4.90 Å².